The standard InChI is InChI=1S/C24H25NO3.C13H22NO3PS/c1-16(2)13-20-22(24(20,3)4)23(26)28-21(15-25)17-9-8-12-19(14-17)27-18-10-6-5-7-11-18;1-6-16-18(15,14-10(2)3)17-12-7-8-13(19-5)11(4)9-12/h5-14,20-22H,1-4H3;7-10H,6H2,1-5H3,(H,14,15). The summed E-state index contributed by atoms with van der Waals surface area (Å²) in [6, 6.07) is 24.3. The van der Waals surface area contributed by atoms with E-state index in [1.165, 1.54) is 10.5 Å². The number of nitrogens with one attached hydrogen (secondary N) is 1. The fraction of sp³-hybridized carbons (Fsp3) is 0.405. The van der Waals surface area contributed by atoms with Crippen molar-refractivity contribution >= 4 is 25.5 Å². The molecule has 0 aliphatic heterocycles. The van der Waals surface area contributed by atoms with E-state index < -0.39 is 13.9 Å². The number of allylic oxidation sites excluding steroid dienone is 2. The molecule has 1 fully saturated rings. The van der Waals surface area contributed by atoms with Gasteiger partial charge in [0.15, 0.2) is 0 Å². The minimum Gasteiger partial charge on any atom is -0.457 e. The summed E-state index contributed by atoms with van der Waals surface area (Å²) in [7, 11) is -3.30. The zero-order chi connectivity index (χ0) is 34.8. The monoisotopic (exact) mass is 678 g/mol. The van der Waals surface area contributed by atoms with Crippen LogP contribution in [0.2, 0.25) is 0 Å². The molecule has 252 valence electrons. The van der Waals surface area contributed by atoms with Crippen LogP contribution >= 0.6 is 19.5 Å². The van der Waals surface area contributed by atoms with E-state index >= 15 is 0 Å². The van der Waals surface area contributed by atoms with Crippen LogP contribution in [0.25, 0.3) is 0 Å². The molecule has 1 N–H and O–H groups in total. The van der Waals surface area contributed by atoms with Crippen molar-refractivity contribution in [2.45, 2.75) is 72.4 Å². The first-order valence-corrected chi connectivity index (χ1v) is 18.4. The molecule has 4 rings (SSSR count). The molecule has 0 heterocycles. The number of thioether (sulfide) groups is 1. The number of carbonyl (C=O) groups is 1. The van der Waals surface area contributed by atoms with Gasteiger partial charge >= 0.3 is 13.7 Å². The summed E-state index contributed by atoms with van der Waals surface area (Å²) in [6.45, 7) is 16.1. The summed E-state index contributed by atoms with van der Waals surface area (Å²) in [5, 5.41) is 12.4. The molecule has 0 aromatic heterocycles. The van der Waals surface area contributed by atoms with Gasteiger partial charge in [0.05, 0.1) is 12.5 Å². The number of nitrogens with zero attached hydrogens (tertiary/aromatic N) is 1. The van der Waals surface area contributed by atoms with E-state index in [-0.39, 0.29) is 29.3 Å². The van der Waals surface area contributed by atoms with Gasteiger partial charge in [0.2, 0.25) is 6.10 Å². The maximum atomic E-state index is 12.7. The van der Waals surface area contributed by atoms with Gasteiger partial charge in [-0.3, -0.25) is 9.32 Å². The van der Waals surface area contributed by atoms with E-state index in [9.17, 15) is 14.6 Å². The number of rotatable bonds is 13. The van der Waals surface area contributed by atoms with Gasteiger partial charge in [-0.25, -0.2) is 9.65 Å². The number of carbonyl (C=O) groups excluding carboxylic acids is 1. The second-order valence-corrected chi connectivity index (χ2v) is 15.0. The normalized spacial score (nSPS) is 18.0. The number of para-hydroxylation sites is 1. The smallest absolute Gasteiger partial charge is 0.457 e. The summed E-state index contributed by atoms with van der Waals surface area (Å²) >= 11 is 1.67. The first-order chi connectivity index (χ1) is 22.2. The Morgan fingerprint density at radius 2 is 1.72 bits per heavy atom. The fourth-order valence-electron chi connectivity index (χ4n) is 5.14. The third-order valence-electron chi connectivity index (χ3n) is 7.48. The molecule has 3 aromatic rings. The molecule has 10 heteroatoms. The quantitative estimate of drug-likeness (QED) is 0.0818. The topological polar surface area (TPSA) is 107 Å². The van der Waals surface area contributed by atoms with Gasteiger partial charge < -0.3 is 14.0 Å². The molecular weight excluding hydrogens is 631 g/mol. The largest absolute Gasteiger partial charge is 0.458 e. The number of ether oxygens (including phenoxy) is 2. The molecule has 4 unspecified atom stereocenters. The second kappa shape index (κ2) is 17.0. The van der Waals surface area contributed by atoms with Crippen molar-refractivity contribution < 1.29 is 27.9 Å². The Labute approximate surface area is 284 Å². The first kappa shape index (κ1) is 37.9. The van der Waals surface area contributed by atoms with Gasteiger partial charge in [-0.2, -0.15) is 5.26 Å². The summed E-state index contributed by atoms with van der Waals surface area (Å²) in [5.41, 5.74) is 2.72. The first-order valence-electron chi connectivity index (χ1n) is 15.7. The molecule has 1 saturated carbocycles. The van der Waals surface area contributed by atoms with Crippen LogP contribution in [-0.2, 0) is 18.6 Å². The van der Waals surface area contributed by atoms with Crippen LogP contribution in [0.1, 0.15) is 65.7 Å². The molecule has 0 amide bonds. The van der Waals surface area contributed by atoms with E-state index in [1.807, 2.05) is 95.5 Å². The lowest BCUT2D eigenvalue weighted by Gasteiger charge is -2.21. The fourth-order valence-corrected chi connectivity index (χ4v) is 7.27. The van der Waals surface area contributed by atoms with Gasteiger partial charge in [0.1, 0.15) is 23.3 Å². The van der Waals surface area contributed by atoms with E-state index in [1.54, 1.807) is 36.9 Å². The zero-order valence-corrected chi connectivity index (χ0v) is 30.5. The number of aryl methyl sites for hydroxylation is 1. The van der Waals surface area contributed by atoms with E-state index in [4.69, 9.17) is 18.5 Å². The van der Waals surface area contributed by atoms with Crippen LogP contribution in [0.3, 0.4) is 0 Å². The van der Waals surface area contributed by atoms with Crippen molar-refractivity contribution in [3.63, 3.8) is 0 Å². The van der Waals surface area contributed by atoms with Gasteiger partial charge in [-0.05, 0) is 107 Å². The molecule has 47 heavy (non-hydrogen) atoms. The highest BCUT2D eigenvalue weighted by Gasteiger charge is 2.61. The van der Waals surface area contributed by atoms with Gasteiger partial charge in [0, 0.05) is 16.5 Å². The average molecular weight is 679 g/mol. The SMILES string of the molecule is CC(C)=CC1C(C(=O)OC(C#N)c2cccc(Oc3ccccc3)c2)C1(C)C.CCOP(=O)(NC(C)C)Oc1ccc(SC)c(C)c1. The lowest BCUT2D eigenvalue weighted by Crippen LogP contribution is -2.23. The molecule has 1 aliphatic carbocycles. The van der Waals surface area contributed by atoms with Crippen molar-refractivity contribution in [3.8, 4) is 23.3 Å². The maximum Gasteiger partial charge on any atom is 0.458 e. The van der Waals surface area contributed by atoms with Crippen LogP contribution in [-0.4, -0.2) is 24.9 Å². The molecule has 8 nitrogen and oxygen atoms in total. The Kier molecular flexibility index (Phi) is 13.7. The van der Waals surface area contributed by atoms with Crippen molar-refractivity contribution in [1.29, 1.82) is 5.26 Å². The Bertz CT molecular complexity index is 1610. The van der Waals surface area contributed by atoms with E-state index in [0.717, 1.165) is 5.56 Å². The summed E-state index contributed by atoms with van der Waals surface area (Å²) in [5.74, 6) is 1.45. The highest BCUT2D eigenvalue weighted by Crippen LogP contribution is 2.60. The van der Waals surface area contributed by atoms with E-state index in [2.05, 4.69) is 31.1 Å². The molecule has 0 spiro atoms. The second-order valence-electron chi connectivity index (χ2n) is 12.4. The lowest BCUT2D eigenvalue weighted by molar-refractivity contribution is -0.149. The number of nitriles is 1. The highest BCUT2D eigenvalue weighted by atomic mass is 32.2. The summed E-state index contributed by atoms with van der Waals surface area (Å²) in [6.07, 6.45) is 3.17. The third-order valence-corrected chi connectivity index (χ3v) is 10.3. The molecule has 4 atom stereocenters. The summed E-state index contributed by atoms with van der Waals surface area (Å²) < 4.78 is 34.7. The van der Waals surface area contributed by atoms with Crippen molar-refractivity contribution in [2.24, 2.45) is 17.3 Å². The minimum atomic E-state index is -3.30. The Morgan fingerprint density at radius 3 is 2.30 bits per heavy atom. The minimum absolute atomic E-state index is 0.0175. The average Bonchev–Trinajstić information content (AvgIpc) is 3.54. The highest BCUT2D eigenvalue weighted by molar-refractivity contribution is 7.98. The van der Waals surface area contributed by atoms with Crippen molar-refractivity contribution in [3.05, 3.63) is 95.6 Å². The van der Waals surface area contributed by atoms with Crippen LogP contribution in [0.5, 0.6) is 17.2 Å². The summed E-state index contributed by atoms with van der Waals surface area (Å²) in [4.78, 5) is 13.9. The van der Waals surface area contributed by atoms with Gasteiger partial charge in [-0.1, -0.05) is 55.8 Å². The Morgan fingerprint density at radius 1 is 1.04 bits per heavy atom. The van der Waals surface area contributed by atoms with Crippen molar-refractivity contribution in [1.82, 2.24) is 5.09 Å². The van der Waals surface area contributed by atoms with Gasteiger partial charge in [-0.15, -0.1) is 11.8 Å². The Balaban J connectivity index is 0.000000277. The molecule has 3 aromatic carbocycles. The molecule has 0 saturated heterocycles. The number of benzene rings is 3. The van der Waals surface area contributed by atoms with E-state index in [0.29, 0.717) is 29.4 Å². The molecule has 1 aliphatic rings. The lowest BCUT2D eigenvalue weighted by atomic mass is 10.1. The van der Waals surface area contributed by atoms with Crippen molar-refractivity contribution in [2.75, 3.05) is 12.9 Å². The number of hydrogen-bond donors (Lipinski definition) is 1. The molecule has 0 bridgehead atoms. The number of esters is 1. The van der Waals surface area contributed by atoms with Crippen LogP contribution < -0.4 is 14.3 Å². The maximum absolute atomic E-state index is 12.7. The zero-order valence-electron chi connectivity index (χ0n) is 28.8. The van der Waals surface area contributed by atoms with Gasteiger partial charge in [0.25, 0.3) is 0 Å². The predicted octanol–water partition coefficient (Wildman–Crippen LogP) is 10.1. The Hall–Kier alpha value is -3.54. The van der Waals surface area contributed by atoms with Crippen LogP contribution in [0.15, 0.2) is 89.3 Å². The van der Waals surface area contributed by atoms with Crippen LogP contribution in [0.4, 0.5) is 0 Å². The molecular formula is C37H47N2O6PS. The predicted molar refractivity (Wildman–Crippen MR) is 189 cm³/mol. The van der Waals surface area contributed by atoms with Crippen LogP contribution in [0, 0.1) is 35.5 Å². The third kappa shape index (κ3) is 11.0. The molecule has 0 radical (unpaired) electrons. The number of hydrogen-bond acceptors (Lipinski definition) is 8.